The molecule has 2 aromatic carbocycles. The summed E-state index contributed by atoms with van der Waals surface area (Å²) < 4.78 is 5.34. The molecular weight excluding hydrogens is 336 g/mol. The molecule has 0 aliphatic heterocycles. The number of anilines is 1. The van der Waals surface area contributed by atoms with Crippen LogP contribution in [0.2, 0.25) is 0 Å². The summed E-state index contributed by atoms with van der Waals surface area (Å²) >= 11 is 0. The van der Waals surface area contributed by atoms with Gasteiger partial charge in [0.1, 0.15) is 5.75 Å². The maximum atomic E-state index is 12.1. The van der Waals surface area contributed by atoms with Gasteiger partial charge in [0, 0.05) is 23.6 Å². The lowest BCUT2D eigenvalue weighted by atomic mass is 9.95. The molecule has 1 aromatic heterocycles. The summed E-state index contributed by atoms with van der Waals surface area (Å²) in [5.41, 5.74) is 6.54. The molecule has 0 bridgehead atoms. The normalized spacial score (nSPS) is 10.5. The Labute approximate surface area is 160 Å². The van der Waals surface area contributed by atoms with Crippen LogP contribution in [0.25, 0.3) is 11.1 Å². The van der Waals surface area contributed by atoms with E-state index < -0.39 is 6.09 Å². The van der Waals surface area contributed by atoms with Gasteiger partial charge in [0.15, 0.2) is 0 Å². The van der Waals surface area contributed by atoms with Crippen molar-refractivity contribution in [1.29, 1.82) is 0 Å². The first kappa shape index (κ1) is 18.6. The Kier molecular flexibility index (Phi) is 5.87. The molecule has 0 saturated carbocycles. The van der Waals surface area contributed by atoms with Gasteiger partial charge in [-0.05, 0) is 60.2 Å². The van der Waals surface area contributed by atoms with E-state index in [-0.39, 0.29) is 0 Å². The third kappa shape index (κ3) is 4.53. The second-order valence-electron chi connectivity index (χ2n) is 6.43. The molecule has 27 heavy (non-hydrogen) atoms. The fraction of sp³-hybridized carbons (Fsp3) is 0.217. The number of nitrogens with zero attached hydrogens (tertiary/aromatic N) is 1. The van der Waals surface area contributed by atoms with Crippen molar-refractivity contribution in [2.24, 2.45) is 0 Å². The van der Waals surface area contributed by atoms with E-state index in [9.17, 15) is 4.79 Å². The van der Waals surface area contributed by atoms with Gasteiger partial charge >= 0.3 is 6.09 Å². The fourth-order valence-corrected chi connectivity index (χ4v) is 2.97. The maximum absolute atomic E-state index is 12.1. The van der Waals surface area contributed by atoms with E-state index in [4.69, 9.17) is 4.74 Å². The number of carbonyl (C=O) groups excluding carboxylic acids is 1. The third-order valence-corrected chi connectivity index (χ3v) is 4.58. The molecule has 0 unspecified atom stereocenters. The first-order chi connectivity index (χ1) is 13.1. The lowest BCUT2D eigenvalue weighted by Gasteiger charge is -2.12. The van der Waals surface area contributed by atoms with Gasteiger partial charge in [-0.1, -0.05) is 44.2 Å². The topological polar surface area (TPSA) is 51.2 Å². The highest BCUT2D eigenvalue weighted by Crippen LogP contribution is 2.27. The van der Waals surface area contributed by atoms with Gasteiger partial charge in [-0.25, -0.2) is 4.79 Å². The zero-order chi connectivity index (χ0) is 19.2. The van der Waals surface area contributed by atoms with Crippen LogP contribution in [0.3, 0.4) is 0 Å². The van der Waals surface area contributed by atoms with Gasteiger partial charge in [-0.3, -0.25) is 10.3 Å². The van der Waals surface area contributed by atoms with Gasteiger partial charge in [0.05, 0.1) is 0 Å². The van der Waals surface area contributed by atoms with E-state index in [1.54, 1.807) is 18.5 Å². The number of hydrogen-bond donors (Lipinski definition) is 1. The molecule has 0 fully saturated rings. The Morgan fingerprint density at radius 3 is 2.48 bits per heavy atom. The Morgan fingerprint density at radius 1 is 1.04 bits per heavy atom. The van der Waals surface area contributed by atoms with Crippen molar-refractivity contribution in [3.63, 3.8) is 0 Å². The summed E-state index contributed by atoms with van der Waals surface area (Å²) in [5, 5.41) is 2.77. The molecule has 0 saturated heterocycles. The van der Waals surface area contributed by atoms with Crippen LogP contribution < -0.4 is 10.1 Å². The molecule has 0 aliphatic carbocycles. The van der Waals surface area contributed by atoms with Crippen LogP contribution in [0, 0.1) is 6.92 Å². The fourth-order valence-electron chi connectivity index (χ4n) is 2.97. The second-order valence-corrected chi connectivity index (χ2v) is 6.43. The highest BCUT2D eigenvalue weighted by Gasteiger charge is 2.09. The van der Waals surface area contributed by atoms with Crippen molar-refractivity contribution in [2.45, 2.75) is 33.6 Å². The zero-order valence-corrected chi connectivity index (χ0v) is 16.0. The third-order valence-electron chi connectivity index (χ3n) is 4.58. The van der Waals surface area contributed by atoms with E-state index in [0.29, 0.717) is 11.4 Å². The van der Waals surface area contributed by atoms with Crippen molar-refractivity contribution >= 4 is 11.8 Å². The molecule has 138 valence electrons. The molecule has 1 amide bonds. The van der Waals surface area contributed by atoms with E-state index >= 15 is 0 Å². The number of aryl methyl sites for hydroxylation is 3. The van der Waals surface area contributed by atoms with E-state index in [1.165, 1.54) is 16.7 Å². The van der Waals surface area contributed by atoms with Crippen LogP contribution in [-0.4, -0.2) is 11.1 Å². The summed E-state index contributed by atoms with van der Waals surface area (Å²) in [6, 6.07) is 16.2. The van der Waals surface area contributed by atoms with Crippen LogP contribution in [0.15, 0.2) is 60.9 Å². The van der Waals surface area contributed by atoms with Gasteiger partial charge in [-0.2, -0.15) is 0 Å². The molecule has 3 aromatic rings. The zero-order valence-electron chi connectivity index (χ0n) is 16.0. The molecule has 1 heterocycles. The minimum atomic E-state index is -0.515. The van der Waals surface area contributed by atoms with Crippen molar-refractivity contribution in [1.82, 2.24) is 4.98 Å². The average molecular weight is 360 g/mol. The van der Waals surface area contributed by atoms with Crippen LogP contribution >= 0.6 is 0 Å². The predicted molar refractivity (Wildman–Crippen MR) is 109 cm³/mol. The van der Waals surface area contributed by atoms with E-state index in [0.717, 1.165) is 24.0 Å². The summed E-state index contributed by atoms with van der Waals surface area (Å²) in [6.45, 7) is 6.17. The number of aromatic nitrogens is 1. The Balaban J connectivity index is 1.74. The van der Waals surface area contributed by atoms with Gasteiger partial charge < -0.3 is 4.74 Å². The Morgan fingerprint density at radius 2 is 1.81 bits per heavy atom. The second kappa shape index (κ2) is 8.49. The first-order valence-electron chi connectivity index (χ1n) is 9.22. The van der Waals surface area contributed by atoms with Crippen molar-refractivity contribution in [3.8, 4) is 16.9 Å². The molecule has 4 heteroatoms. The van der Waals surface area contributed by atoms with Gasteiger partial charge in [-0.15, -0.1) is 0 Å². The number of hydrogen-bond acceptors (Lipinski definition) is 3. The van der Waals surface area contributed by atoms with E-state index in [2.05, 4.69) is 42.3 Å². The number of pyridine rings is 1. The summed E-state index contributed by atoms with van der Waals surface area (Å²) in [4.78, 5) is 16.1. The van der Waals surface area contributed by atoms with Crippen LogP contribution in [0.4, 0.5) is 10.5 Å². The average Bonchev–Trinajstić information content (AvgIpc) is 2.70. The van der Waals surface area contributed by atoms with Crippen LogP contribution in [0.5, 0.6) is 5.75 Å². The van der Waals surface area contributed by atoms with Crippen molar-refractivity contribution < 1.29 is 9.53 Å². The van der Waals surface area contributed by atoms with E-state index in [1.807, 2.05) is 31.2 Å². The molecule has 1 N–H and O–H groups in total. The summed E-state index contributed by atoms with van der Waals surface area (Å²) in [7, 11) is 0. The molecule has 3 rings (SSSR count). The predicted octanol–water partition coefficient (Wildman–Crippen LogP) is 5.79. The largest absolute Gasteiger partial charge is 0.417 e. The number of nitrogens with one attached hydrogen (secondary N) is 1. The van der Waals surface area contributed by atoms with Gasteiger partial charge in [0.2, 0.25) is 0 Å². The monoisotopic (exact) mass is 360 g/mol. The standard InChI is InChI=1S/C23H24N2O2/c1-4-17-6-7-18(5-2)21(14-17)19-8-10-20(11-9-19)25-23(26)27-22-12-13-24-15-16(22)3/h6-15H,4-5H2,1-3H3,(H,25,26). The minimum absolute atomic E-state index is 0.503. The molecule has 4 nitrogen and oxygen atoms in total. The number of amides is 1. The summed E-state index contributed by atoms with van der Waals surface area (Å²) in [6.07, 6.45) is 4.74. The number of rotatable bonds is 5. The molecule has 0 aliphatic rings. The Hall–Kier alpha value is -3.14. The lowest BCUT2D eigenvalue weighted by Crippen LogP contribution is -2.17. The minimum Gasteiger partial charge on any atom is -0.410 e. The SMILES string of the molecule is CCc1ccc(CC)c(-c2ccc(NC(=O)Oc3ccncc3C)cc2)c1. The van der Waals surface area contributed by atoms with Crippen molar-refractivity contribution in [3.05, 3.63) is 77.6 Å². The maximum Gasteiger partial charge on any atom is 0.417 e. The highest BCUT2D eigenvalue weighted by atomic mass is 16.6. The lowest BCUT2D eigenvalue weighted by molar-refractivity contribution is 0.215. The smallest absolute Gasteiger partial charge is 0.410 e. The van der Waals surface area contributed by atoms with Crippen molar-refractivity contribution in [2.75, 3.05) is 5.32 Å². The number of carbonyl (C=O) groups is 1. The van der Waals surface area contributed by atoms with Gasteiger partial charge in [0.25, 0.3) is 0 Å². The highest BCUT2D eigenvalue weighted by molar-refractivity contribution is 5.87. The number of ether oxygens (including phenoxy) is 1. The number of benzene rings is 2. The Bertz CT molecular complexity index is 933. The molecule has 0 atom stereocenters. The van der Waals surface area contributed by atoms with Crippen LogP contribution in [-0.2, 0) is 12.8 Å². The quantitative estimate of drug-likeness (QED) is 0.626. The molecule has 0 spiro atoms. The molecular formula is C23H24N2O2. The van der Waals surface area contributed by atoms with Crippen LogP contribution in [0.1, 0.15) is 30.5 Å². The summed E-state index contributed by atoms with van der Waals surface area (Å²) in [5.74, 6) is 0.503. The first-order valence-corrected chi connectivity index (χ1v) is 9.22. The molecule has 0 radical (unpaired) electrons.